The van der Waals surface area contributed by atoms with Gasteiger partial charge in [-0.05, 0) is 48.1 Å². The summed E-state index contributed by atoms with van der Waals surface area (Å²) >= 11 is 0. The Bertz CT molecular complexity index is 1610. The van der Waals surface area contributed by atoms with Gasteiger partial charge in [0.25, 0.3) is 5.69 Å². The van der Waals surface area contributed by atoms with Gasteiger partial charge in [-0.2, -0.15) is 0 Å². The number of nitrogens with zero attached hydrogens (tertiary/aromatic N) is 2. The van der Waals surface area contributed by atoms with Crippen LogP contribution in [0.5, 0.6) is 5.75 Å². The van der Waals surface area contributed by atoms with E-state index in [2.05, 4.69) is 0 Å². The molecule has 0 amide bonds. The molecule has 5 aromatic rings. The van der Waals surface area contributed by atoms with Crippen LogP contribution in [0.3, 0.4) is 0 Å². The largest absolute Gasteiger partial charge is 0.493 e. The van der Waals surface area contributed by atoms with Gasteiger partial charge in [0, 0.05) is 28.9 Å². The van der Waals surface area contributed by atoms with E-state index in [0.717, 1.165) is 22.1 Å². The van der Waals surface area contributed by atoms with Crippen LogP contribution in [0.2, 0.25) is 0 Å². The Morgan fingerprint density at radius 2 is 1.72 bits per heavy atom. The quantitative estimate of drug-likeness (QED) is 0.149. The van der Waals surface area contributed by atoms with Crippen LogP contribution in [0.1, 0.15) is 22.5 Å². The zero-order chi connectivity index (χ0) is 25.2. The van der Waals surface area contributed by atoms with Crippen LogP contribution in [-0.2, 0) is 6.54 Å². The fourth-order valence-corrected chi connectivity index (χ4v) is 4.80. The first-order valence-corrected chi connectivity index (χ1v) is 11.7. The van der Waals surface area contributed by atoms with Gasteiger partial charge in [-0.25, -0.2) is 4.79 Å². The third-order valence-corrected chi connectivity index (χ3v) is 6.41. The highest BCUT2D eigenvalue weighted by molar-refractivity contribution is 6.03. The predicted molar refractivity (Wildman–Crippen MR) is 140 cm³/mol. The first-order chi connectivity index (χ1) is 17.5. The van der Waals surface area contributed by atoms with Crippen molar-refractivity contribution in [3.05, 3.63) is 106 Å². The summed E-state index contributed by atoms with van der Waals surface area (Å²) in [7, 11) is 0. The average Bonchev–Trinajstić information content (AvgIpc) is 3.26. The molecule has 7 heteroatoms. The van der Waals surface area contributed by atoms with Crippen molar-refractivity contribution in [3.63, 3.8) is 0 Å². The number of nitro benzene ring substituents is 1. The number of hydrogen-bond acceptors (Lipinski definition) is 4. The molecule has 1 heterocycles. The normalized spacial score (nSPS) is 11.1. The van der Waals surface area contributed by atoms with Crippen LogP contribution >= 0.6 is 0 Å². The van der Waals surface area contributed by atoms with Crippen molar-refractivity contribution in [1.29, 1.82) is 0 Å². The number of benzene rings is 4. The zero-order valence-electron chi connectivity index (χ0n) is 19.7. The molecule has 0 radical (unpaired) electrons. The zero-order valence-corrected chi connectivity index (χ0v) is 19.7. The van der Waals surface area contributed by atoms with E-state index in [9.17, 15) is 20.0 Å². The first kappa shape index (κ1) is 23.1. The number of nitro groups is 1. The number of aromatic carboxylic acids is 1. The molecule has 4 aromatic carbocycles. The maximum Gasteiger partial charge on any atom is 0.352 e. The van der Waals surface area contributed by atoms with Gasteiger partial charge in [0.05, 0.1) is 17.1 Å². The molecule has 5 rings (SSSR count). The van der Waals surface area contributed by atoms with E-state index in [1.165, 1.54) is 6.07 Å². The van der Waals surface area contributed by atoms with Crippen molar-refractivity contribution in [2.24, 2.45) is 0 Å². The molecule has 0 unspecified atom stereocenters. The van der Waals surface area contributed by atoms with Gasteiger partial charge in [-0.15, -0.1) is 0 Å². The highest BCUT2D eigenvalue weighted by Gasteiger charge is 2.22. The van der Waals surface area contributed by atoms with Crippen molar-refractivity contribution in [3.8, 4) is 16.9 Å². The number of carboxylic acid groups (broad SMARTS) is 1. The second kappa shape index (κ2) is 9.54. The van der Waals surface area contributed by atoms with Crippen molar-refractivity contribution in [2.75, 3.05) is 6.61 Å². The molecule has 1 N–H and O–H groups in total. The molecule has 0 spiro atoms. The Morgan fingerprint density at radius 1 is 0.972 bits per heavy atom. The van der Waals surface area contributed by atoms with E-state index in [-0.39, 0.29) is 11.4 Å². The molecule has 0 atom stereocenters. The van der Waals surface area contributed by atoms with E-state index in [0.29, 0.717) is 41.6 Å². The predicted octanol–water partition coefficient (Wildman–Crippen LogP) is 6.85. The second-order valence-electron chi connectivity index (χ2n) is 8.63. The molecule has 0 aliphatic heterocycles. The molecule has 0 saturated heterocycles. The summed E-state index contributed by atoms with van der Waals surface area (Å²) in [6, 6.07) is 25.9. The number of rotatable bonds is 8. The summed E-state index contributed by atoms with van der Waals surface area (Å²) in [6.45, 7) is 2.66. The number of carbonyl (C=O) groups is 1. The minimum absolute atomic E-state index is 0.00406. The van der Waals surface area contributed by atoms with E-state index in [4.69, 9.17) is 4.74 Å². The standard InChI is InChI=1S/C29H24N2O5/c1-19-8-4-14-25(31(34)35)28(19)22-12-6-13-24-23(22)18-26(29(32)33)30(24)16-7-17-36-27-15-5-10-20-9-2-3-11-21(20)27/h2-6,8-15,18H,7,16-17H2,1H3,(H,32,33). The van der Waals surface area contributed by atoms with Gasteiger partial charge in [0.15, 0.2) is 0 Å². The lowest BCUT2D eigenvalue weighted by Crippen LogP contribution is -2.11. The van der Waals surface area contributed by atoms with Gasteiger partial charge in [0.2, 0.25) is 0 Å². The van der Waals surface area contributed by atoms with Crippen LogP contribution in [0.15, 0.2) is 84.9 Å². The summed E-state index contributed by atoms with van der Waals surface area (Å²) < 4.78 is 7.79. The number of hydrogen-bond donors (Lipinski definition) is 1. The Hall–Kier alpha value is -4.65. The van der Waals surface area contributed by atoms with Crippen molar-refractivity contribution >= 4 is 33.3 Å². The van der Waals surface area contributed by atoms with E-state index < -0.39 is 10.9 Å². The third kappa shape index (κ3) is 4.15. The van der Waals surface area contributed by atoms with Crippen LogP contribution < -0.4 is 4.74 Å². The number of fused-ring (bicyclic) bond motifs is 2. The molecule has 0 fully saturated rings. The fraction of sp³-hybridized carbons (Fsp3) is 0.138. The minimum Gasteiger partial charge on any atom is -0.493 e. The van der Waals surface area contributed by atoms with Crippen LogP contribution in [0.25, 0.3) is 32.8 Å². The van der Waals surface area contributed by atoms with E-state index in [1.54, 1.807) is 22.8 Å². The minimum atomic E-state index is -1.05. The van der Waals surface area contributed by atoms with Crippen LogP contribution in [0, 0.1) is 17.0 Å². The maximum absolute atomic E-state index is 12.1. The molecule has 180 valence electrons. The highest BCUT2D eigenvalue weighted by Crippen LogP contribution is 2.38. The SMILES string of the molecule is Cc1cccc([N+](=O)[O-])c1-c1cccc2c1cc(C(=O)O)n2CCCOc1cccc2ccccc12. The summed E-state index contributed by atoms with van der Waals surface area (Å²) in [5.41, 5.74) is 2.75. The molecular formula is C29H24N2O5. The smallest absolute Gasteiger partial charge is 0.352 e. The monoisotopic (exact) mass is 480 g/mol. The lowest BCUT2D eigenvalue weighted by Gasteiger charge is -2.12. The van der Waals surface area contributed by atoms with Crippen LogP contribution in [-0.4, -0.2) is 27.2 Å². The summed E-state index contributed by atoms with van der Waals surface area (Å²) in [4.78, 5) is 23.4. The molecule has 1 aromatic heterocycles. The third-order valence-electron chi connectivity index (χ3n) is 6.41. The average molecular weight is 481 g/mol. The highest BCUT2D eigenvalue weighted by atomic mass is 16.6. The molecule has 0 aliphatic carbocycles. The van der Waals surface area contributed by atoms with E-state index in [1.807, 2.05) is 67.6 Å². The Morgan fingerprint density at radius 3 is 2.53 bits per heavy atom. The fourth-order valence-electron chi connectivity index (χ4n) is 4.80. The van der Waals surface area contributed by atoms with Gasteiger partial charge in [-0.1, -0.05) is 60.7 Å². The maximum atomic E-state index is 12.1. The molecular weight excluding hydrogens is 456 g/mol. The first-order valence-electron chi connectivity index (χ1n) is 11.7. The lowest BCUT2D eigenvalue weighted by molar-refractivity contribution is -0.384. The van der Waals surface area contributed by atoms with Gasteiger partial charge in [-0.3, -0.25) is 10.1 Å². The number of aryl methyl sites for hydroxylation is 2. The molecule has 7 nitrogen and oxygen atoms in total. The second-order valence-corrected chi connectivity index (χ2v) is 8.63. The topological polar surface area (TPSA) is 94.6 Å². The number of ether oxygens (including phenoxy) is 1. The molecule has 0 bridgehead atoms. The van der Waals surface area contributed by atoms with Crippen molar-refractivity contribution in [2.45, 2.75) is 19.9 Å². The summed E-state index contributed by atoms with van der Waals surface area (Å²) in [5.74, 6) is -0.260. The molecule has 36 heavy (non-hydrogen) atoms. The summed E-state index contributed by atoms with van der Waals surface area (Å²) in [6.07, 6.45) is 0.585. The Labute approximate surface area is 207 Å². The number of aromatic nitrogens is 1. The Balaban J connectivity index is 1.47. The van der Waals surface area contributed by atoms with Gasteiger partial charge < -0.3 is 14.4 Å². The van der Waals surface area contributed by atoms with Gasteiger partial charge >= 0.3 is 5.97 Å². The Kier molecular flexibility index (Phi) is 6.12. The van der Waals surface area contributed by atoms with Crippen LogP contribution in [0.4, 0.5) is 5.69 Å². The summed E-state index contributed by atoms with van der Waals surface area (Å²) in [5, 5.41) is 24.4. The van der Waals surface area contributed by atoms with Gasteiger partial charge in [0.1, 0.15) is 11.4 Å². The molecule has 0 aliphatic rings. The lowest BCUT2D eigenvalue weighted by atomic mass is 9.96. The van der Waals surface area contributed by atoms with Crippen molar-refractivity contribution < 1.29 is 19.6 Å². The van der Waals surface area contributed by atoms with Crippen molar-refractivity contribution in [1.82, 2.24) is 4.57 Å². The number of carboxylic acids is 1. The molecule has 0 saturated carbocycles. The van der Waals surface area contributed by atoms with E-state index >= 15 is 0 Å².